The molecule has 0 saturated heterocycles. The molecule has 2 aromatic heterocycles. The highest BCUT2D eigenvalue weighted by Crippen LogP contribution is 2.26. The van der Waals surface area contributed by atoms with Crippen molar-refractivity contribution in [2.75, 3.05) is 7.05 Å². The van der Waals surface area contributed by atoms with E-state index in [1.807, 2.05) is 7.05 Å². The fraction of sp³-hybridized carbons (Fsp3) is 0.462. The van der Waals surface area contributed by atoms with Crippen LogP contribution in [-0.2, 0) is 6.42 Å². The van der Waals surface area contributed by atoms with Gasteiger partial charge < -0.3 is 9.84 Å². The summed E-state index contributed by atoms with van der Waals surface area (Å²) in [4.78, 5) is 8.46. The molecule has 0 amide bonds. The summed E-state index contributed by atoms with van der Waals surface area (Å²) in [5.74, 6) is 1.40. The maximum absolute atomic E-state index is 6.08. The second kappa shape index (κ2) is 6.52. The minimum Gasteiger partial charge on any atom is -0.339 e. The smallest absolute Gasteiger partial charge is 0.228 e. The van der Waals surface area contributed by atoms with Crippen LogP contribution in [0.5, 0.6) is 0 Å². The van der Waals surface area contributed by atoms with Gasteiger partial charge in [-0.3, -0.25) is 0 Å². The molecule has 1 N–H and O–H groups in total. The van der Waals surface area contributed by atoms with Gasteiger partial charge in [0, 0.05) is 18.7 Å². The standard InChI is InChI=1S/C13H16Cl2N4O/c1-7(2)10(16-3)5-11-18-13(19-20-11)12-9(15)4-8(14)6-17-12/h4,6-7,10,16H,5H2,1-3H3. The molecule has 2 rings (SSSR count). The third-order valence-electron chi connectivity index (χ3n) is 3.06. The van der Waals surface area contributed by atoms with Crippen LogP contribution in [-0.4, -0.2) is 28.2 Å². The van der Waals surface area contributed by atoms with E-state index in [2.05, 4.69) is 34.3 Å². The monoisotopic (exact) mass is 314 g/mol. The van der Waals surface area contributed by atoms with Gasteiger partial charge in [-0.1, -0.05) is 42.2 Å². The summed E-state index contributed by atoms with van der Waals surface area (Å²) in [5.41, 5.74) is 0.469. The van der Waals surface area contributed by atoms with Crippen LogP contribution in [0.3, 0.4) is 0 Å². The summed E-state index contributed by atoms with van der Waals surface area (Å²) in [6.07, 6.45) is 2.16. The van der Waals surface area contributed by atoms with Crippen LogP contribution in [0.15, 0.2) is 16.8 Å². The maximum Gasteiger partial charge on any atom is 0.228 e. The SMILES string of the molecule is CNC(Cc1nc(-c2ncc(Cl)cc2Cl)no1)C(C)C. The largest absolute Gasteiger partial charge is 0.339 e. The van der Waals surface area contributed by atoms with Gasteiger partial charge in [-0.25, -0.2) is 4.98 Å². The van der Waals surface area contributed by atoms with Crippen LogP contribution in [0, 0.1) is 5.92 Å². The molecular formula is C13H16Cl2N4O. The highest BCUT2D eigenvalue weighted by atomic mass is 35.5. The molecule has 2 aromatic rings. The Bertz CT molecular complexity index is 586. The maximum atomic E-state index is 6.08. The van der Waals surface area contributed by atoms with E-state index in [9.17, 15) is 0 Å². The normalized spacial score (nSPS) is 12.9. The van der Waals surface area contributed by atoms with Crippen molar-refractivity contribution in [3.63, 3.8) is 0 Å². The van der Waals surface area contributed by atoms with Crippen LogP contribution >= 0.6 is 23.2 Å². The van der Waals surface area contributed by atoms with Crippen LogP contribution in [0.1, 0.15) is 19.7 Å². The molecule has 1 unspecified atom stereocenters. The van der Waals surface area contributed by atoms with Crippen LogP contribution in [0.25, 0.3) is 11.5 Å². The number of nitrogens with one attached hydrogen (secondary N) is 1. The molecule has 20 heavy (non-hydrogen) atoms. The second-order valence-electron chi connectivity index (χ2n) is 4.84. The van der Waals surface area contributed by atoms with E-state index in [1.165, 1.54) is 6.20 Å². The van der Waals surface area contributed by atoms with Gasteiger partial charge in [-0.2, -0.15) is 4.98 Å². The first kappa shape index (κ1) is 15.2. The molecule has 1 atom stereocenters. The van der Waals surface area contributed by atoms with Crippen molar-refractivity contribution >= 4 is 23.2 Å². The van der Waals surface area contributed by atoms with Crippen molar-refractivity contribution in [2.45, 2.75) is 26.3 Å². The zero-order chi connectivity index (χ0) is 14.7. The predicted molar refractivity (Wildman–Crippen MR) is 78.9 cm³/mol. The average Bonchev–Trinajstić information content (AvgIpc) is 2.83. The Morgan fingerprint density at radius 1 is 1.35 bits per heavy atom. The summed E-state index contributed by atoms with van der Waals surface area (Å²) in [6, 6.07) is 1.88. The summed E-state index contributed by atoms with van der Waals surface area (Å²) in [5, 5.41) is 8.02. The Hall–Kier alpha value is -1.17. The molecule has 0 aliphatic heterocycles. The summed E-state index contributed by atoms with van der Waals surface area (Å²) in [7, 11) is 1.92. The van der Waals surface area contributed by atoms with Crippen molar-refractivity contribution in [3.05, 3.63) is 28.2 Å². The van der Waals surface area contributed by atoms with Crippen LogP contribution in [0.2, 0.25) is 10.0 Å². The molecule has 5 nitrogen and oxygen atoms in total. The number of pyridine rings is 1. The predicted octanol–water partition coefficient (Wildman–Crippen LogP) is 3.22. The molecule has 0 fully saturated rings. The zero-order valence-electron chi connectivity index (χ0n) is 11.5. The van der Waals surface area contributed by atoms with E-state index >= 15 is 0 Å². The fourth-order valence-corrected chi connectivity index (χ4v) is 2.34. The fourth-order valence-electron chi connectivity index (χ4n) is 1.87. The molecule has 0 bridgehead atoms. The van der Waals surface area contributed by atoms with Gasteiger partial charge in [0.1, 0.15) is 5.69 Å². The first-order valence-corrected chi connectivity index (χ1v) is 7.08. The van der Waals surface area contributed by atoms with E-state index in [4.69, 9.17) is 27.7 Å². The molecule has 0 aromatic carbocycles. The lowest BCUT2D eigenvalue weighted by atomic mass is 10.0. The quantitative estimate of drug-likeness (QED) is 0.918. The average molecular weight is 315 g/mol. The highest BCUT2D eigenvalue weighted by molar-refractivity contribution is 6.35. The summed E-state index contributed by atoms with van der Waals surface area (Å²) in [6.45, 7) is 4.27. The van der Waals surface area contributed by atoms with Gasteiger partial charge >= 0.3 is 0 Å². The van der Waals surface area contributed by atoms with Gasteiger partial charge in [0.15, 0.2) is 0 Å². The first-order valence-electron chi connectivity index (χ1n) is 6.32. The molecule has 0 radical (unpaired) electrons. The van der Waals surface area contributed by atoms with Crippen molar-refractivity contribution < 1.29 is 4.52 Å². The van der Waals surface area contributed by atoms with E-state index in [0.717, 1.165) is 0 Å². The van der Waals surface area contributed by atoms with Crippen molar-refractivity contribution in [2.24, 2.45) is 5.92 Å². The van der Waals surface area contributed by atoms with Crippen molar-refractivity contribution in [3.8, 4) is 11.5 Å². The molecule has 0 aliphatic rings. The Balaban J connectivity index is 2.20. The van der Waals surface area contributed by atoms with Crippen LogP contribution < -0.4 is 5.32 Å². The van der Waals surface area contributed by atoms with E-state index in [0.29, 0.717) is 39.8 Å². The van der Waals surface area contributed by atoms with Crippen molar-refractivity contribution in [1.82, 2.24) is 20.4 Å². The second-order valence-corrected chi connectivity index (χ2v) is 5.68. The molecule has 7 heteroatoms. The van der Waals surface area contributed by atoms with E-state index < -0.39 is 0 Å². The number of hydrogen-bond acceptors (Lipinski definition) is 5. The Morgan fingerprint density at radius 2 is 2.10 bits per heavy atom. The summed E-state index contributed by atoms with van der Waals surface area (Å²) < 4.78 is 5.25. The van der Waals surface area contributed by atoms with Gasteiger partial charge in [0.2, 0.25) is 11.7 Å². The number of nitrogens with zero attached hydrogens (tertiary/aromatic N) is 3. The van der Waals surface area contributed by atoms with Gasteiger partial charge in [0.05, 0.1) is 10.0 Å². The lowest BCUT2D eigenvalue weighted by molar-refractivity contribution is 0.335. The lowest BCUT2D eigenvalue weighted by Gasteiger charge is -2.17. The first-order chi connectivity index (χ1) is 9.51. The molecule has 0 aliphatic carbocycles. The Kier molecular flexibility index (Phi) is 4.96. The van der Waals surface area contributed by atoms with E-state index in [1.54, 1.807) is 6.07 Å². The number of halogens is 2. The molecule has 0 spiro atoms. The number of likely N-dealkylation sites (N-methyl/N-ethyl adjacent to an activating group) is 1. The third kappa shape index (κ3) is 3.48. The molecule has 0 saturated carbocycles. The third-order valence-corrected chi connectivity index (χ3v) is 3.55. The highest BCUT2D eigenvalue weighted by Gasteiger charge is 2.18. The van der Waals surface area contributed by atoms with Gasteiger partial charge in [-0.15, -0.1) is 0 Å². The molecular weight excluding hydrogens is 299 g/mol. The minimum absolute atomic E-state index is 0.275. The van der Waals surface area contributed by atoms with Gasteiger partial charge in [-0.05, 0) is 19.0 Å². The molecule has 2 heterocycles. The minimum atomic E-state index is 0.275. The Morgan fingerprint density at radius 3 is 2.70 bits per heavy atom. The van der Waals surface area contributed by atoms with Crippen molar-refractivity contribution in [1.29, 1.82) is 0 Å². The van der Waals surface area contributed by atoms with E-state index in [-0.39, 0.29) is 6.04 Å². The Labute approximate surface area is 127 Å². The number of hydrogen-bond donors (Lipinski definition) is 1. The van der Waals surface area contributed by atoms with Gasteiger partial charge in [0.25, 0.3) is 0 Å². The summed E-state index contributed by atoms with van der Waals surface area (Å²) >= 11 is 11.9. The topological polar surface area (TPSA) is 63.8 Å². The molecule has 108 valence electrons. The number of aromatic nitrogens is 3. The van der Waals surface area contributed by atoms with Crippen LogP contribution in [0.4, 0.5) is 0 Å². The zero-order valence-corrected chi connectivity index (χ0v) is 13.0. The number of rotatable bonds is 5. The lowest BCUT2D eigenvalue weighted by Crippen LogP contribution is -2.32.